The quantitative estimate of drug-likeness (QED) is 0.879. The number of hydrogen-bond acceptors (Lipinski definition) is 3. The zero-order valence-corrected chi connectivity index (χ0v) is 16.1. The van der Waals surface area contributed by atoms with Crippen molar-refractivity contribution in [1.82, 2.24) is 4.90 Å². The molecule has 2 aromatic rings. The Morgan fingerprint density at radius 1 is 1.07 bits per heavy atom. The van der Waals surface area contributed by atoms with E-state index in [0.717, 1.165) is 48.3 Å². The highest BCUT2D eigenvalue weighted by Crippen LogP contribution is 2.35. The number of piperidine rings is 1. The molecule has 1 N–H and O–H groups in total. The van der Waals surface area contributed by atoms with Crippen LogP contribution in [0.1, 0.15) is 51.1 Å². The molecule has 27 heavy (non-hydrogen) atoms. The predicted octanol–water partition coefficient (Wildman–Crippen LogP) is 3.96. The van der Waals surface area contributed by atoms with E-state index in [1.807, 2.05) is 44.0 Å². The van der Waals surface area contributed by atoms with Crippen LogP contribution in [0.15, 0.2) is 36.4 Å². The molecular weight excluding hydrogens is 338 g/mol. The fourth-order valence-electron chi connectivity index (χ4n) is 4.26. The third kappa shape index (κ3) is 3.18. The molecule has 0 spiro atoms. The molecule has 4 rings (SSSR count). The minimum atomic E-state index is -0.158. The molecule has 1 atom stereocenters. The maximum absolute atomic E-state index is 12.8. The summed E-state index contributed by atoms with van der Waals surface area (Å²) < 4.78 is 0. The molecule has 0 aromatic heterocycles. The van der Waals surface area contributed by atoms with Crippen molar-refractivity contribution in [2.24, 2.45) is 0 Å². The molecule has 2 aliphatic heterocycles. The monoisotopic (exact) mass is 363 g/mol. The number of fused-ring (bicyclic) bond motifs is 2. The van der Waals surface area contributed by atoms with Crippen molar-refractivity contribution < 1.29 is 9.59 Å². The van der Waals surface area contributed by atoms with Gasteiger partial charge in [-0.2, -0.15) is 0 Å². The zero-order chi connectivity index (χ0) is 19.1. The first-order valence-electron chi connectivity index (χ1n) is 9.51. The molecule has 1 fully saturated rings. The summed E-state index contributed by atoms with van der Waals surface area (Å²) in [5.41, 5.74) is 5.10. The number of amides is 2. The summed E-state index contributed by atoms with van der Waals surface area (Å²) in [5, 5.41) is 2.98. The Kier molecular flexibility index (Phi) is 4.38. The Balaban J connectivity index is 1.63. The van der Waals surface area contributed by atoms with Gasteiger partial charge in [0.05, 0.1) is 11.3 Å². The van der Waals surface area contributed by atoms with Gasteiger partial charge < -0.3 is 15.1 Å². The van der Waals surface area contributed by atoms with Crippen LogP contribution in [0.25, 0.3) is 0 Å². The lowest BCUT2D eigenvalue weighted by atomic mass is 9.97. The van der Waals surface area contributed by atoms with Crippen molar-refractivity contribution >= 4 is 23.2 Å². The van der Waals surface area contributed by atoms with Gasteiger partial charge in [-0.05, 0) is 74.6 Å². The fourth-order valence-corrected chi connectivity index (χ4v) is 4.26. The molecule has 5 heteroatoms. The lowest BCUT2D eigenvalue weighted by Crippen LogP contribution is -2.55. The van der Waals surface area contributed by atoms with E-state index in [0.29, 0.717) is 11.1 Å². The number of nitrogens with one attached hydrogen (secondary N) is 1. The topological polar surface area (TPSA) is 52.7 Å². The van der Waals surface area contributed by atoms with E-state index in [9.17, 15) is 9.59 Å². The van der Waals surface area contributed by atoms with E-state index in [4.69, 9.17) is 0 Å². The number of benzene rings is 2. The van der Waals surface area contributed by atoms with E-state index >= 15 is 0 Å². The molecule has 140 valence electrons. The van der Waals surface area contributed by atoms with E-state index in [-0.39, 0.29) is 18.0 Å². The second-order valence-electron chi connectivity index (χ2n) is 7.65. The van der Waals surface area contributed by atoms with Crippen LogP contribution in [-0.2, 0) is 0 Å². The van der Waals surface area contributed by atoms with Gasteiger partial charge in [0.2, 0.25) is 0 Å². The van der Waals surface area contributed by atoms with E-state index in [2.05, 4.69) is 16.3 Å². The van der Waals surface area contributed by atoms with Gasteiger partial charge in [-0.3, -0.25) is 9.59 Å². The number of carbonyl (C=O) groups is 2. The highest BCUT2D eigenvalue weighted by molar-refractivity contribution is 6.08. The van der Waals surface area contributed by atoms with Crippen LogP contribution in [-0.4, -0.2) is 36.5 Å². The molecular formula is C22H25N3O2. The van der Waals surface area contributed by atoms with Gasteiger partial charge in [0, 0.05) is 24.8 Å². The Morgan fingerprint density at radius 3 is 2.56 bits per heavy atom. The van der Waals surface area contributed by atoms with Gasteiger partial charge in [-0.15, -0.1) is 0 Å². The van der Waals surface area contributed by atoms with Crippen molar-refractivity contribution in [3.63, 3.8) is 0 Å². The summed E-state index contributed by atoms with van der Waals surface area (Å²) >= 11 is 0. The predicted molar refractivity (Wildman–Crippen MR) is 107 cm³/mol. The minimum Gasteiger partial charge on any atom is -0.354 e. The lowest BCUT2D eigenvalue weighted by molar-refractivity contribution is 0.0589. The molecule has 0 radical (unpaired) electrons. The van der Waals surface area contributed by atoms with Crippen LogP contribution >= 0.6 is 0 Å². The largest absolute Gasteiger partial charge is 0.354 e. The molecule has 1 saturated heterocycles. The second kappa shape index (κ2) is 6.72. The van der Waals surface area contributed by atoms with E-state index < -0.39 is 0 Å². The molecule has 2 aliphatic rings. The van der Waals surface area contributed by atoms with E-state index in [1.54, 1.807) is 12.1 Å². The Hall–Kier alpha value is -2.82. The third-order valence-corrected chi connectivity index (χ3v) is 5.53. The lowest BCUT2D eigenvalue weighted by Gasteiger charge is -2.46. The number of nitrogens with zero attached hydrogens (tertiary/aromatic N) is 2. The molecule has 0 unspecified atom stereocenters. The fraction of sp³-hybridized carbons (Fsp3) is 0.364. The molecule has 2 amide bonds. The van der Waals surface area contributed by atoms with Crippen LogP contribution in [0, 0.1) is 13.8 Å². The summed E-state index contributed by atoms with van der Waals surface area (Å²) in [7, 11) is 2.01. The Labute approximate surface area is 160 Å². The smallest absolute Gasteiger partial charge is 0.257 e. The van der Waals surface area contributed by atoms with Crippen molar-refractivity contribution in [3.05, 3.63) is 58.7 Å². The number of rotatable bonds is 2. The zero-order valence-electron chi connectivity index (χ0n) is 16.1. The summed E-state index contributed by atoms with van der Waals surface area (Å²) in [5.74, 6) is -0.0798. The standard InChI is InChI=1S/C22H25N3O2/c1-14-10-15(2)12-17(11-14)23-21(26)16-7-8-18-19(13-16)24(3)20-6-4-5-9-25(20)22(18)27/h7-8,10-13,20H,4-6,9H2,1-3H3,(H,23,26)/t20-/m1/s1. The second-order valence-corrected chi connectivity index (χ2v) is 7.65. The van der Waals surface area contributed by atoms with Gasteiger partial charge in [0.25, 0.3) is 11.8 Å². The van der Waals surface area contributed by atoms with Crippen molar-refractivity contribution in [3.8, 4) is 0 Å². The van der Waals surface area contributed by atoms with Crippen molar-refractivity contribution in [2.75, 3.05) is 23.8 Å². The van der Waals surface area contributed by atoms with Gasteiger partial charge in [0.1, 0.15) is 6.17 Å². The van der Waals surface area contributed by atoms with Crippen molar-refractivity contribution in [1.29, 1.82) is 0 Å². The highest BCUT2D eigenvalue weighted by Gasteiger charge is 2.37. The normalized spacial score (nSPS) is 18.8. The van der Waals surface area contributed by atoms with Crippen LogP contribution in [0.4, 0.5) is 11.4 Å². The van der Waals surface area contributed by atoms with Gasteiger partial charge in [-0.25, -0.2) is 0 Å². The van der Waals surface area contributed by atoms with Gasteiger partial charge in [-0.1, -0.05) is 6.07 Å². The molecule has 0 saturated carbocycles. The average Bonchev–Trinajstić information content (AvgIpc) is 2.65. The van der Waals surface area contributed by atoms with Crippen LogP contribution in [0.3, 0.4) is 0 Å². The van der Waals surface area contributed by atoms with Crippen LogP contribution in [0.5, 0.6) is 0 Å². The van der Waals surface area contributed by atoms with Crippen LogP contribution in [0.2, 0.25) is 0 Å². The molecule has 0 bridgehead atoms. The number of carbonyl (C=O) groups excluding carboxylic acids is 2. The number of hydrogen-bond donors (Lipinski definition) is 1. The van der Waals surface area contributed by atoms with Gasteiger partial charge >= 0.3 is 0 Å². The first kappa shape index (κ1) is 17.6. The SMILES string of the molecule is Cc1cc(C)cc(NC(=O)c2ccc3c(c2)N(C)[C@H]2CCCCN2C3=O)c1. The minimum absolute atomic E-state index is 0.0778. The summed E-state index contributed by atoms with van der Waals surface area (Å²) in [6.07, 6.45) is 3.25. The maximum atomic E-state index is 12.8. The molecule has 2 aromatic carbocycles. The Morgan fingerprint density at radius 2 is 1.81 bits per heavy atom. The number of aryl methyl sites for hydroxylation is 2. The first-order valence-corrected chi connectivity index (χ1v) is 9.51. The molecule has 5 nitrogen and oxygen atoms in total. The van der Waals surface area contributed by atoms with Crippen molar-refractivity contribution in [2.45, 2.75) is 39.3 Å². The highest BCUT2D eigenvalue weighted by atomic mass is 16.2. The maximum Gasteiger partial charge on any atom is 0.257 e. The average molecular weight is 363 g/mol. The third-order valence-electron chi connectivity index (χ3n) is 5.53. The summed E-state index contributed by atoms with van der Waals surface area (Å²) in [6, 6.07) is 11.4. The summed E-state index contributed by atoms with van der Waals surface area (Å²) in [6.45, 7) is 4.83. The summed E-state index contributed by atoms with van der Waals surface area (Å²) in [4.78, 5) is 29.7. The van der Waals surface area contributed by atoms with Crippen LogP contribution < -0.4 is 10.2 Å². The molecule has 0 aliphatic carbocycles. The molecule has 2 heterocycles. The van der Waals surface area contributed by atoms with Gasteiger partial charge in [0.15, 0.2) is 0 Å². The Bertz CT molecular complexity index is 902. The van der Waals surface area contributed by atoms with E-state index in [1.165, 1.54) is 0 Å². The first-order chi connectivity index (χ1) is 12.9. The number of anilines is 2.